The number of hydrogen-bond donors (Lipinski definition) is 0. The van der Waals surface area contributed by atoms with E-state index in [1.165, 1.54) is 17.6 Å². The molecule has 1 heteroatoms. The fourth-order valence-corrected chi connectivity index (χ4v) is 2.31. The second kappa shape index (κ2) is 5.11. The molecular weight excluding hydrogens is 196 g/mol. The summed E-state index contributed by atoms with van der Waals surface area (Å²) in [6.45, 7) is 2.08. The molecule has 1 aromatic carbocycles. The molecule has 1 aromatic rings. The summed E-state index contributed by atoms with van der Waals surface area (Å²) in [5.41, 5.74) is 3.42. The highest BCUT2D eigenvalue weighted by Crippen LogP contribution is 2.27. The Morgan fingerprint density at radius 1 is 1.00 bits per heavy atom. The lowest BCUT2D eigenvalue weighted by Gasteiger charge is -2.08. The number of hydrogen-bond acceptors (Lipinski definition) is 1. The molecule has 0 aliphatic heterocycles. The topological polar surface area (TPSA) is 17.1 Å². The number of rotatable bonds is 1. The van der Waals surface area contributed by atoms with E-state index in [2.05, 4.69) is 19.1 Å². The number of carbonyl (C=O) groups is 1. The number of Topliss-reactive ketones (excluding diaryl/α,β-unsaturated/α-hetero) is 1. The van der Waals surface area contributed by atoms with E-state index in [0.29, 0.717) is 5.78 Å². The van der Waals surface area contributed by atoms with E-state index in [0.717, 1.165) is 31.3 Å². The van der Waals surface area contributed by atoms with Gasteiger partial charge in [-0.25, -0.2) is 0 Å². The van der Waals surface area contributed by atoms with Crippen molar-refractivity contribution in [3.63, 3.8) is 0 Å². The van der Waals surface area contributed by atoms with E-state index in [9.17, 15) is 4.79 Å². The van der Waals surface area contributed by atoms with Gasteiger partial charge in [0.05, 0.1) is 0 Å². The summed E-state index contributed by atoms with van der Waals surface area (Å²) < 4.78 is 0. The highest BCUT2D eigenvalue weighted by atomic mass is 16.1. The zero-order chi connectivity index (χ0) is 11.4. The molecule has 0 heterocycles. The van der Waals surface area contributed by atoms with Crippen LogP contribution in [0.4, 0.5) is 0 Å². The Morgan fingerprint density at radius 3 is 2.44 bits per heavy atom. The molecule has 0 bridgehead atoms. The van der Waals surface area contributed by atoms with Crippen molar-refractivity contribution >= 4 is 11.4 Å². The number of allylic oxidation sites excluding steroid dienone is 2. The van der Waals surface area contributed by atoms with Gasteiger partial charge in [0, 0.05) is 6.42 Å². The van der Waals surface area contributed by atoms with Crippen LogP contribution >= 0.6 is 0 Å². The maximum atomic E-state index is 12.0. The van der Waals surface area contributed by atoms with Gasteiger partial charge in [0.15, 0.2) is 5.78 Å². The molecule has 0 radical (unpaired) electrons. The Hall–Kier alpha value is -1.37. The van der Waals surface area contributed by atoms with Crippen molar-refractivity contribution in [3.8, 4) is 0 Å². The van der Waals surface area contributed by atoms with Crippen molar-refractivity contribution in [1.82, 2.24) is 0 Å². The Bertz CT molecular complexity index is 401. The third-order valence-electron chi connectivity index (χ3n) is 3.33. The van der Waals surface area contributed by atoms with E-state index in [-0.39, 0.29) is 0 Å². The van der Waals surface area contributed by atoms with Crippen molar-refractivity contribution in [1.29, 1.82) is 0 Å². The van der Waals surface area contributed by atoms with Crippen LogP contribution in [-0.4, -0.2) is 5.78 Å². The standard InChI is InChI=1S/C15H18O/c1-12(13-8-4-2-5-9-13)14-10-6-3-7-11-15(14)16/h2,4-5,8-9H,3,6-7,10-11H2,1H3/b14-12+. The first kappa shape index (κ1) is 11.1. The predicted molar refractivity (Wildman–Crippen MR) is 67.1 cm³/mol. The monoisotopic (exact) mass is 214 g/mol. The van der Waals surface area contributed by atoms with Crippen LogP contribution in [0.3, 0.4) is 0 Å². The van der Waals surface area contributed by atoms with Crippen LogP contribution in [0, 0.1) is 0 Å². The molecule has 0 spiro atoms. The summed E-state index contributed by atoms with van der Waals surface area (Å²) in [5, 5.41) is 0. The maximum Gasteiger partial charge on any atom is 0.159 e. The molecule has 1 aliphatic rings. The van der Waals surface area contributed by atoms with Crippen LogP contribution in [-0.2, 0) is 4.79 Å². The van der Waals surface area contributed by atoms with Crippen molar-refractivity contribution in [2.24, 2.45) is 0 Å². The first-order valence-corrected chi connectivity index (χ1v) is 6.07. The molecule has 2 rings (SSSR count). The van der Waals surface area contributed by atoms with Crippen LogP contribution in [0.15, 0.2) is 35.9 Å². The fourth-order valence-electron chi connectivity index (χ4n) is 2.31. The number of benzene rings is 1. The number of ketones is 1. The minimum atomic E-state index is 0.360. The molecule has 1 nitrogen and oxygen atoms in total. The van der Waals surface area contributed by atoms with Gasteiger partial charge in [-0.3, -0.25) is 4.79 Å². The minimum Gasteiger partial charge on any atom is -0.295 e. The van der Waals surface area contributed by atoms with E-state index >= 15 is 0 Å². The molecular formula is C15H18O. The van der Waals surface area contributed by atoms with Crippen LogP contribution in [0.1, 0.15) is 44.6 Å². The molecule has 16 heavy (non-hydrogen) atoms. The van der Waals surface area contributed by atoms with Crippen molar-refractivity contribution in [2.75, 3.05) is 0 Å². The van der Waals surface area contributed by atoms with Gasteiger partial charge >= 0.3 is 0 Å². The van der Waals surface area contributed by atoms with Gasteiger partial charge < -0.3 is 0 Å². The second-order valence-corrected chi connectivity index (χ2v) is 4.45. The first-order valence-electron chi connectivity index (χ1n) is 6.07. The van der Waals surface area contributed by atoms with E-state index in [1.54, 1.807) is 0 Å². The second-order valence-electron chi connectivity index (χ2n) is 4.45. The molecule has 1 saturated carbocycles. The van der Waals surface area contributed by atoms with Gasteiger partial charge in [0.1, 0.15) is 0 Å². The molecule has 84 valence electrons. The van der Waals surface area contributed by atoms with Crippen LogP contribution < -0.4 is 0 Å². The Balaban J connectivity index is 2.35. The number of carbonyl (C=O) groups excluding carboxylic acids is 1. The summed E-state index contributed by atoms with van der Waals surface area (Å²) in [4.78, 5) is 12.0. The SMILES string of the molecule is C/C(=C1/CCCCCC1=O)c1ccccc1. The van der Waals surface area contributed by atoms with Crippen molar-refractivity contribution < 1.29 is 4.79 Å². The van der Waals surface area contributed by atoms with Gasteiger partial charge in [-0.2, -0.15) is 0 Å². The zero-order valence-corrected chi connectivity index (χ0v) is 9.83. The normalized spacial score (nSPS) is 20.4. The molecule has 0 N–H and O–H groups in total. The Labute approximate surface area is 97.2 Å². The molecule has 1 fully saturated rings. The molecule has 0 saturated heterocycles. The summed E-state index contributed by atoms with van der Waals surface area (Å²) in [6, 6.07) is 10.2. The molecule has 0 atom stereocenters. The summed E-state index contributed by atoms with van der Waals surface area (Å²) in [7, 11) is 0. The largest absolute Gasteiger partial charge is 0.295 e. The van der Waals surface area contributed by atoms with Crippen LogP contribution in [0.25, 0.3) is 5.57 Å². The molecule has 0 amide bonds. The Kier molecular flexibility index (Phi) is 3.55. The van der Waals surface area contributed by atoms with E-state index in [1.807, 2.05) is 18.2 Å². The first-order chi connectivity index (χ1) is 7.79. The lowest BCUT2D eigenvalue weighted by molar-refractivity contribution is -0.115. The lowest BCUT2D eigenvalue weighted by Crippen LogP contribution is -2.02. The summed E-state index contributed by atoms with van der Waals surface area (Å²) in [5.74, 6) is 0.360. The smallest absolute Gasteiger partial charge is 0.159 e. The zero-order valence-electron chi connectivity index (χ0n) is 9.83. The highest BCUT2D eigenvalue weighted by Gasteiger charge is 2.16. The third kappa shape index (κ3) is 2.41. The lowest BCUT2D eigenvalue weighted by atomic mass is 9.95. The van der Waals surface area contributed by atoms with Gasteiger partial charge in [-0.05, 0) is 42.9 Å². The van der Waals surface area contributed by atoms with E-state index in [4.69, 9.17) is 0 Å². The van der Waals surface area contributed by atoms with Gasteiger partial charge in [0.25, 0.3) is 0 Å². The fraction of sp³-hybridized carbons (Fsp3) is 0.400. The van der Waals surface area contributed by atoms with Crippen LogP contribution in [0.2, 0.25) is 0 Å². The minimum absolute atomic E-state index is 0.360. The van der Waals surface area contributed by atoms with E-state index < -0.39 is 0 Å². The average Bonchev–Trinajstić information content (AvgIpc) is 2.54. The third-order valence-corrected chi connectivity index (χ3v) is 3.33. The highest BCUT2D eigenvalue weighted by molar-refractivity contribution is 6.02. The molecule has 1 aliphatic carbocycles. The van der Waals surface area contributed by atoms with Crippen LogP contribution in [0.5, 0.6) is 0 Å². The van der Waals surface area contributed by atoms with Crippen molar-refractivity contribution in [2.45, 2.75) is 39.0 Å². The summed E-state index contributed by atoms with van der Waals surface area (Å²) in [6.07, 6.45) is 5.10. The quantitative estimate of drug-likeness (QED) is 0.510. The van der Waals surface area contributed by atoms with Gasteiger partial charge in [0.2, 0.25) is 0 Å². The van der Waals surface area contributed by atoms with Crippen molar-refractivity contribution in [3.05, 3.63) is 41.5 Å². The Morgan fingerprint density at radius 2 is 1.69 bits per heavy atom. The average molecular weight is 214 g/mol. The van der Waals surface area contributed by atoms with Gasteiger partial charge in [-0.15, -0.1) is 0 Å². The summed E-state index contributed by atoms with van der Waals surface area (Å²) >= 11 is 0. The predicted octanol–water partition coefficient (Wildman–Crippen LogP) is 3.99. The molecule has 0 aromatic heterocycles. The maximum absolute atomic E-state index is 12.0. The molecule has 0 unspecified atom stereocenters. The van der Waals surface area contributed by atoms with Gasteiger partial charge in [-0.1, -0.05) is 36.8 Å².